The Labute approximate surface area is 154 Å². The largest absolute Gasteiger partial charge is 0.493 e. The predicted molar refractivity (Wildman–Crippen MR) is 99.9 cm³/mol. The highest BCUT2D eigenvalue weighted by atomic mass is 16.5. The van der Waals surface area contributed by atoms with Crippen molar-refractivity contribution in [2.24, 2.45) is 0 Å². The zero-order chi connectivity index (χ0) is 18.6. The third-order valence-electron chi connectivity index (χ3n) is 4.01. The number of esters is 1. The fourth-order valence-electron chi connectivity index (χ4n) is 2.53. The Morgan fingerprint density at radius 1 is 0.885 bits per heavy atom. The van der Waals surface area contributed by atoms with Crippen molar-refractivity contribution in [1.82, 2.24) is 4.90 Å². The smallest absolute Gasteiger partial charge is 0.307 e. The molecule has 0 saturated carbocycles. The highest BCUT2D eigenvalue weighted by Crippen LogP contribution is 2.09. The summed E-state index contributed by atoms with van der Waals surface area (Å²) in [4.78, 5) is 25.7. The zero-order valence-electron chi connectivity index (χ0n) is 15.1. The molecule has 0 radical (unpaired) electrons. The minimum atomic E-state index is -0.317. The predicted octanol–water partition coefficient (Wildman–Crippen LogP) is 3.09. The summed E-state index contributed by atoms with van der Waals surface area (Å²) in [7, 11) is 1.35. The summed E-state index contributed by atoms with van der Waals surface area (Å²) >= 11 is 0. The van der Waals surface area contributed by atoms with Gasteiger partial charge in [-0.2, -0.15) is 0 Å². The lowest BCUT2D eigenvalue weighted by molar-refractivity contribution is -0.141. The molecule has 0 heterocycles. The van der Waals surface area contributed by atoms with Crippen molar-refractivity contribution in [2.45, 2.75) is 19.3 Å². The van der Waals surface area contributed by atoms with Gasteiger partial charge in [-0.05, 0) is 24.1 Å². The van der Waals surface area contributed by atoms with Gasteiger partial charge in [0.05, 0.1) is 26.6 Å². The molecule has 0 saturated heterocycles. The summed E-state index contributed by atoms with van der Waals surface area (Å²) in [5, 5.41) is 0. The normalized spacial score (nSPS) is 10.2. The van der Waals surface area contributed by atoms with E-state index in [1.807, 2.05) is 60.7 Å². The first kappa shape index (κ1) is 19.5. The zero-order valence-corrected chi connectivity index (χ0v) is 15.1. The topological polar surface area (TPSA) is 55.8 Å². The van der Waals surface area contributed by atoms with Crippen molar-refractivity contribution in [3.8, 4) is 5.75 Å². The van der Waals surface area contributed by atoms with E-state index in [0.29, 0.717) is 19.7 Å². The van der Waals surface area contributed by atoms with Gasteiger partial charge in [-0.25, -0.2) is 0 Å². The van der Waals surface area contributed by atoms with Gasteiger partial charge in [0.1, 0.15) is 5.75 Å². The molecule has 0 atom stereocenters. The summed E-state index contributed by atoms with van der Waals surface area (Å²) in [5.74, 6) is 0.398. The number of amides is 1. The van der Waals surface area contributed by atoms with Gasteiger partial charge in [-0.15, -0.1) is 0 Å². The number of carbonyl (C=O) groups excluding carboxylic acids is 2. The first-order chi connectivity index (χ1) is 12.7. The highest BCUT2D eigenvalue weighted by Gasteiger charge is 2.15. The van der Waals surface area contributed by atoms with Crippen molar-refractivity contribution >= 4 is 11.9 Å². The van der Waals surface area contributed by atoms with Gasteiger partial charge in [0.25, 0.3) is 0 Å². The number of carbonyl (C=O) groups is 2. The second-order valence-electron chi connectivity index (χ2n) is 5.85. The second kappa shape index (κ2) is 10.9. The van der Waals surface area contributed by atoms with E-state index in [0.717, 1.165) is 17.7 Å². The van der Waals surface area contributed by atoms with Gasteiger partial charge >= 0.3 is 5.97 Å². The lowest BCUT2D eigenvalue weighted by atomic mass is 10.1. The molecule has 0 N–H and O–H groups in total. The molecule has 0 aliphatic carbocycles. The molecule has 5 heteroatoms. The van der Waals surface area contributed by atoms with Crippen LogP contribution in [0.2, 0.25) is 0 Å². The fraction of sp³-hybridized carbons (Fsp3) is 0.333. The number of rotatable bonds is 10. The second-order valence-corrected chi connectivity index (χ2v) is 5.85. The third-order valence-corrected chi connectivity index (χ3v) is 4.01. The number of ether oxygens (including phenoxy) is 2. The summed E-state index contributed by atoms with van der Waals surface area (Å²) in [6.45, 7) is 1.22. The Morgan fingerprint density at radius 2 is 1.54 bits per heavy atom. The van der Waals surface area contributed by atoms with Crippen LogP contribution in [0.4, 0.5) is 0 Å². The Kier molecular flexibility index (Phi) is 8.19. The molecule has 5 nitrogen and oxygen atoms in total. The van der Waals surface area contributed by atoms with Gasteiger partial charge in [-0.3, -0.25) is 9.59 Å². The fourth-order valence-corrected chi connectivity index (χ4v) is 2.53. The van der Waals surface area contributed by atoms with E-state index in [2.05, 4.69) is 4.74 Å². The molecular weight excluding hydrogens is 330 g/mol. The molecule has 0 aliphatic rings. The van der Waals surface area contributed by atoms with Gasteiger partial charge in [0, 0.05) is 13.1 Å². The molecule has 26 heavy (non-hydrogen) atoms. The molecule has 0 aliphatic heterocycles. The van der Waals surface area contributed by atoms with Crippen LogP contribution in [0.25, 0.3) is 0 Å². The molecule has 0 fully saturated rings. The van der Waals surface area contributed by atoms with Gasteiger partial charge < -0.3 is 14.4 Å². The quantitative estimate of drug-likeness (QED) is 0.615. The maximum atomic E-state index is 12.5. The van der Waals surface area contributed by atoms with E-state index in [4.69, 9.17) is 4.74 Å². The minimum absolute atomic E-state index is 0.0271. The molecular formula is C21H25NO4. The van der Waals surface area contributed by atoms with Crippen LogP contribution in [0.15, 0.2) is 60.7 Å². The van der Waals surface area contributed by atoms with E-state index in [1.165, 1.54) is 7.11 Å². The van der Waals surface area contributed by atoms with Crippen LogP contribution in [0, 0.1) is 0 Å². The first-order valence-electron chi connectivity index (χ1n) is 8.75. The molecule has 1 amide bonds. The molecule has 2 rings (SSSR count). The average Bonchev–Trinajstić information content (AvgIpc) is 2.69. The molecule has 2 aromatic carbocycles. The van der Waals surface area contributed by atoms with Crippen LogP contribution >= 0.6 is 0 Å². The minimum Gasteiger partial charge on any atom is -0.493 e. The molecule has 0 spiro atoms. The van der Waals surface area contributed by atoms with Crippen LogP contribution < -0.4 is 4.74 Å². The number of benzene rings is 2. The van der Waals surface area contributed by atoms with E-state index in [1.54, 1.807) is 4.90 Å². The van der Waals surface area contributed by atoms with E-state index >= 15 is 0 Å². The molecule has 0 aromatic heterocycles. The number of para-hydroxylation sites is 1. The molecule has 2 aromatic rings. The lowest BCUT2D eigenvalue weighted by Gasteiger charge is -2.22. The van der Waals surface area contributed by atoms with Crippen LogP contribution in [0.1, 0.15) is 18.4 Å². The van der Waals surface area contributed by atoms with Crippen LogP contribution in [0.5, 0.6) is 5.75 Å². The summed E-state index contributed by atoms with van der Waals surface area (Å²) < 4.78 is 10.3. The van der Waals surface area contributed by atoms with Gasteiger partial charge in [0.15, 0.2) is 0 Å². The van der Waals surface area contributed by atoms with Crippen LogP contribution in [0.3, 0.4) is 0 Å². The number of hydrogen-bond acceptors (Lipinski definition) is 4. The van der Waals surface area contributed by atoms with Crippen LogP contribution in [-0.2, 0) is 20.7 Å². The van der Waals surface area contributed by atoms with Gasteiger partial charge in [0.2, 0.25) is 5.91 Å². The maximum absolute atomic E-state index is 12.5. The SMILES string of the molecule is COC(=O)CCN(CCc1ccccc1)C(=O)CCOc1ccccc1. The number of nitrogens with zero attached hydrogens (tertiary/aromatic N) is 1. The van der Waals surface area contributed by atoms with E-state index in [9.17, 15) is 9.59 Å². The highest BCUT2D eigenvalue weighted by molar-refractivity contribution is 5.77. The van der Waals surface area contributed by atoms with E-state index in [-0.39, 0.29) is 24.7 Å². The third kappa shape index (κ3) is 6.97. The number of hydrogen-bond donors (Lipinski definition) is 0. The lowest BCUT2D eigenvalue weighted by Crippen LogP contribution is -2.35. The van der Waals surface area contributed by atoms with Crippen molar-refractivity contribution in [3.05, 3.63) is 66.2 Å². The van der Waals surface area contributed by atoms with E-state index < -0.39 is 0 Å². The standard InChI is InChI=1S/C21H25NO4/c1-25-21(24)13-16-22(15-12-18-8-4-2-5-9-18)20(23)14-17-26-19-10-6-3-7-11-19/h2-11H,12-17H2,1H3. The number of methoxy groups -OCH3 is 1. The first-order valence-corrected chi connectivity index (χ1v) is 8.75. The Hall–Kier alpha value is -2.82. The Bertz CT molecular complexity index is 673. The molecule has 0 unspecified atom stereocenters. The summed E-state index contributed by atoms with van der Waals surface area (Å²) in [5.41, 5.74) is 1.16. The van der Waals surface area contributed by atoms with Crippen molar-refractivity contribution in [1.29, 1.82) is 0 Å². The van der Waals surface area contributed by atoms with Crippen molar-refractivity contribution in [3.63, 3.8) is 0 Å². The average molecular weight is 355 g/mol. The summed E-state index contributed by atoms with van der Waals surface area (Å²) in [6.07, 6.45) is 1.20. The Balaban J connectivity index is 1.85. The summed E-state index contributed by atoms with van der Waals surface area (Å²) in [6, 6.07) is 19.4. The molecule has 0 bridgehead atoms. The molecule has 138 valence electrons. The Morgan fingerprint density at radius 3 is 2.19 bits per heavy atom. The van der Waals surface area contributed by atoms with Gasteiger partial charge in [-0.1, -0.05) is 48.5 Å². The van der Waals surface area contributed by atoms with Crippen molar-refractivity contribution in [2.75, 3.05) is 26.8 Å². The monoisotopic (exact) mass is 355 g/mol. The van der Waals surface area contributed by atoms with Crippen LogP contribution in [-0.4, -0.2) is 43.6 Å². The van der Waals surface area contributed by atoms with Crippen molar-refractivity contribution < 1.29 is 19.1 Å². The maximum Gasteiger partial charge on any atom is 0.307 e.